The Hall–Kier alpha value is 2.10. The Morgan fingerprint density at radius 1 is 1.17 bits per heavy atom. The number of hydrogen-bond acceptors (Lipinski definition) is 3. The van der Waals surface area contributed by atoms with Crippen LogP contribution in [0, 0.1) is 0 Å². The Labute approximate surface area is 91.2 Å². The van der Waals surface area contributed by atoms with Crippen molar-refractivity contribution in [3.8, 4) is 0 Å². The minimum absolute atomic E-state index is 0. The normalized spacial score (nSPS) is 4.50. The molecule has 0 saturated carbocycles. The Morgan fingerprint density at radius 3 is 1.17 bits per heavy atom. The Bertz CT molecular complexity index is 22.0. The molecule has 6 heavy (non-hydrogen) atoms. The third kappa shape index (κ3) is 36.0. The first-order chi connectivity index (χ1) is 1.73. The largest absolute Gasteiger partial charge is 2.00 e. The Morgan fingerprint density at radius 2 is 1.17 bits per heavy atom. The van der Waals surface area contributed by atoms with E-state index in [0.717, 1.165) is 0 Å². The van der Waals surface area contributed by atoms with Crippen LogP contribution in [0.4, 0.5) is 0 Å². The van der Waals surface area contributed by atoms with E-state index in [9.17, 15) is 0 Å². The van der Waals surface area contributed by atoms with Crippen LogP contribution < -0.4 is 0 Å². The molecule has 0 aliphatic carbocycles. The number of rotatable bonds is 0. The van der Waals surface area contributed by atoms with Gasteiger partial charge in [0.2, 0.25) is 0 Å². The summed E-state index contributed by atoms with van der Waals surface area (Å²) in [5, 5.41) is 21.5. The standard InChI is InChI=1S/BH3O3.Ba.V.2H/c2-1(3)4;;;;/h2-4H;;;;/q;+2;;2*-1. The van der Waals surface area contributed by atoms with Crippen LogP contribution in [-0.4, -0.2) is 71.3 Å². The van der Waals surface area contributed by atoms with E-state index in [4.69, 9.17) is 15.1 Å². The van der Waals surface area contributed by atoms with Gasteiger partial charge in [-0.25, -0.2) is 0 Å². The van der Waals surface area contributed by atoms with Gasteiger partial charge in [-0.1, -0.05) is 0 Å². The van der Waals surface area contributed by atoms with E-state index in [1.165, 1.54) is 0 Å². The summed E-state index contributed by atoms with van der Waals surface area (Å²) < 4.78 is 0. The van der Waals surface area contributed by atoms with Gasteiger partial charge in [0.1, 0.15) is 0 Å². The predicted octanol–water partition coefficient (Wildman–Crippen LogP) is -2.21. The van der Waals surface area contributed by atoms with Crippen LogP contribution in [0.3, 0.4) is 0 Å². The summed E-state index contributed by atoms with van der Waals surface area (Å²) in [6, 6.07) is 0. The van der Waals surface area contributed by atoms with Crippen molar-refractivity contribution in [1.82, 2.24) is 0 Å². The molecule has 0 fully saturated rings. The van der Waals surface area contributed by atoms with E-state index in [2.05, 4.69) is 0 Å². The smallest absolute Gasteiger partial charge is 1.00 e. The zero-order valence-corrected chi connectivity index (χ0v) is 8.91. The van der Waals surface area contributed by atoms with Gasteiger partial charge in [0.05, 0.1) is 0 Å². The van der Waals surface area contributed by atoms with Gasteiger partial charge in [-0.3, -0.25) is 0 Å². The average Bonchev–Trinajstić information content (AvgIpc) is 0.811. The van der Waals surface area contributed by atoms with Crippen molar-refractivity contribution in [2.24, 2.45) is 0 Å². The van der Waals surface area contributed by atoms with E-state index in [1.54, 1.807) is 0 Å². The van der Waals surface area contributed by atoms with Gasteiger partial charge in [-0.05, 0) is 0 Å². The van der Waals surface area contributed by atoms with Crippen LogP contribution in [0.1, 0.15) is 2.85 Å². The van der Waals surface area contributed by atoms with Gasteiger partial charge in [0.25, 0.3) is 0 Å². The first kappa shape index (κ1) is 15.7. The second-order valence-electron chi connectivity index (χ2n) is 0.346. The van der Waals surface area contributed by atoms with Crippen LogP contribution in [0.25, 0.3) is 0 Å². The average molecular weight is 252 g/mol. The zero-order chi connectivity index (χ0) is 3.58. The molecule has 3 N–H and O–H groups in total. The SMILES string of the molecule is OB(O)O.[Ba+2].[H-].[H-].[V]. The Kier molecular flexibility index (Phi) is 26.6. The van der Waals surface area contributed by atoms with Gasteiger partial charge in [-0.15, -0.1) is 0 Å². The maximum Gasteiger partial charge on any atom is 2.00 e. The molecule has 3 nitrogen and oxygen atoms in total. The molecule has 0 spiro atoms. The molecular weight excluding hydrogens is 247 g/mol. The molecule has 0 aromatic rings. The Balaban J connectivity index is -0.00000000750. The summed E-state index contributed by atoms with van der Waals surface area (Å²) in [6.07, 6.45) is 0. The summed E-state index contributed by atoms with van der Waals surface area (Å²) >= 11 is 0. The van der Waals surface area contributed by atoms with Gasteiger partial charge < -0.3 is 17.9 Å². The summed E-state index contributed by atoms with van der Waals surface area (Å²) in [4.78, 5) is 0. The van der Waals surface area contributed by atoms with Crippen LogP contribution in [0.5, 0.6) is 0 Å². The topological polar surface area (TPSA) is 60.7 Å². The van der Waals surface area contributed by atoms with Crippen molar-refractivity contribution in [2.75, 3.05) is 0 Å². The second-order valence-corrected chi connectivity index (χ2v) is 0.346. The molecule has 0 unspecified atom stereocenters. The second kappa shape index (κ2) is 10.2. The van der Waals surface area contributed by atoms with Crippen molar-refractivity contribution >= 4 is 56.2 Å². The van der Waals surface area contributed by atoms with Crippen molar-refractivity contribution < 1.29 is 36.5 Å². The molecular formula is H5BBaO3V. The molecule has 0 rings (SSSR count). The van der Waals surface area contributed by atoms with Crippen LogP contribution >= 0.6 is 0 Å². The zero-order valence-electron chi connectivity index (χ0n) is 5.07. The third-order valence-electron chi connectivity index (χ3n) is 0. The summed E-state index contributed by atoms with van der Waals surface area (Å²) in [5.74, 6) is 0. The molecule has 0 bridgehead atoms. The third-order valence-corrected chi connectivity index (χ3v) is 0. The molecule has 0 aromatic carbocycles. The fraction of sp³-hybridized carbons (Fsp3) is 0. The van der Waals surface area contributed by atoms with Crippen LogP contribution in [0.2, 0.25) is 0 Å². The molecule has 0 atom stereocenters. The molecule has 0 saturated heterocycles. The van der Waals surface area contributed by atoms with E-state index in [0.29, 0.717) is 0 Å². The van der Waals surface area contributed by atoms with Crippen molar-refractivity contribution in [1.29, 1.82) is 0 Å². The first-order valence-electron chi connectivity index (χ1n) is 0.775. The predicted molar refractivity (Wildman–Crippen MR) is 20.4 cm³/mol. The minimum Gasteiger partial charge on any atom is -1.00 e. The maximum absolute atomic E-state index is 7.17. The monoisotopic (exact) mass is 253 g/mol. The van der Waals surface area contributed by atoms with Gasteiger partial charge in [-0.2, -0.15) is 0 Å². The van der Waals surface area contributed by atoms with Gasteiger partial charge in [0.15, 0.2) is 0 Å². The van der Waals surface area contributed by atoms with Crippen LogP contribution in [-0.2, 0) is 18.6 Å². The van der Waals surface area contributed by atoms with E-state index < -0.39 is 7.32 Å². The molecule has 0 amide bonds. The molecule has 6 heteroatoms. The minimum atomic E-state index is -2.17. The van der Waals surface area contributed by atoms with Crippen LogP contribution in [0.15, 0.2) is 0 Å². The molecule has 0 aromatic heterocycles. The summed E-state index contributed by atoms with van der Waals surface area (Å²) in [7, 11) is -2.17. The quantitative estimate of drug-likeness (QED) is 0.428. The summed E-state index contributed by atoms with van der Waals surface area (Å²) in [6.45, 7) is 0. The molecule has 0 aliphatic heterocycles. The van der Waals surface area contributed by atoms with E-state index in [-0.39, 0.29) is 70.3 Å². The molecule has 33 valence electrons. The van der Waals surface area contributed by atoms with E-state index >= 15 is 0 Å². The van der Waals surface area contributed by atoms with Gasteiger partial charge in [0, 0.05) is 18.6 Å². The summed E-state index contributed by atoms with van der Waals surface area (Å²) in [5.41, 5.74) is 0. The van der Waals surface area contributed by atoms with Gasteiger partial charge >= 0.3 is 56.2 Å². The first-order valence-corrected chi connectivity index (χ1v) is 0.775. The fourth-order valence-corrected chi connectivity index (χ4v) is 0. The fourth-order valence-electron chi connectivity index (χ4n) is 0. The molecule has 1 radical (unpaired) electrons. The molecule has 0 heterocycles. The van der Waals surface area contributed by atoms with Crippen molar-refractivity contribution in [2.45, 2.75) is 0 Å². The van der Waals surface area contributed by atoms with Crippen molar-refractivity contribution in [3.63, 3.8) is 0 Å². The number of hydrogen-bond donors (Lipinski definition) is 3. The molecule has 0 aliphatic rings. The maximum atomic E-state index is 7.17. The van der Waals surface area contributed by atoms with Crippen molar-refractivity contribution in [3.05, 3.63) is 0 Å². The van der Waals surface area contributed by atoms with E-state index in [1.807, 2.05) is 0 Å².